The summed E-state index contributed by atoms with van der Waals surface area (Å²) < 4.78 is 7.02. The van der Waals surface area contributed by atoms with E-state index in [0.717, 1.165) is 41.8 Å². The Morgan fingerprint density at radius 3 is 2.79 bits per heavy atom. The van der Waals surface area contributed by atoms with Gasteiger partial charge in [0, 0.05) is 25.3 Å². The molecule has 0 saturated carbocycles. The smallest absolute Gasteiger partial charge is 0.415 e. The van der Waals surface area contributed by atoms with E-state index in [0.29, 0.717) is 12.5 Å². The van der Waals surface area contributed by atoms with E-state index in [9.17, 15) is 4.79 Å². The van der Waals surface area contributed by atoms with Crippen LogP contribution in [0.1, 0.15) is 19.3 Å². The van der Waals surface area contributed by atoms with Gasteiger partial charge in [-0.2, -0.15) is 0 Å². The Bertz CT molecular complexity index is 576. The average Bonchev–Trinajstić information content (AvgIpc) is 3.10. The first-order valence-corrected chi connectivity index (χ1v) is 9.64. The maximum absolute atomic E-state index is 12.8. The number of fused-ring (bicyclic) bond motifs is 3. The van der Waals surface area contributed by atoms with Crippen molar-refractivity contribution in [1.29, 1.82) is 0 Å². The van der Waals surface area contributed by atoms with Crippen LogP contribution in [0.15, 0.2) is 42.8 Å². The minimum absolute atomic E-state index is 0.0335. The highest BCUT2D eigenvalue weighted by Gasteiger charge is 2.47. The largest absolute Gasteiger partial charge is 0.440 e. The molecule has 3 fully saturated rings. The molecule has 0 N–H and O–H groups in total. The van der Waals surface area contributed by atoms with Crippen molar-refractivity contribution in [2.75, 3.05) is 37.6 Å². The molecule has 4 nitrogen and oxygen atoms in total. The number of hydrogen-bond acceptors (Lipinski definition) is 3. The Kier molecular flexibility index (Phi) is 5.41. The number of thiophene rings is 1. The molecule has 1 aromatic heterocycles. The molecule has 1 aromatic rings. The summed E-state index contributed by atoms with van der Waals surface area (Å²) in [6.45, 7) is 12.6. The maximum Gasteiger partial charge on any atom is 0.415 e. The molecule has 24 heavy (non-hydrogen) atoms. The Morgan fingerprint density at radius 1 is 1.38 bits per heavy atom. The average molecular weight is 348 g/mol. The maximum atomic E-state index is 12.8. The molecule has 4 rings (SSSR count). The van der Waals surface area contributed by atoms with E-state index in [1.807, 2.05) is 29.7 Å². The van der Waals surface area contributed by atoms with Crippen LogP contribution in [-0.2, 0) is 4.74 Å². The standard InChI is InChI=1S/C19H27N2O2S/c1-3-5-10-20(18-7-6-14-24-18)19(22)23-17-15-21(11-4-2)12-8-16(17)9-13-21/h3-4,6-7,14,16-17H,1-2,5,8-13,15H2/q+1/t16?,17-,21?/m0/s1. The topological polar surface area (TPSA) is 29.5 Å². The fourth-order valence-corrected chi connectivity index (χ4v) is 4.76. The molecule has 0 aromatic carbocycles. The van der Waals surface area contributed by atoms with E-state index < -0.39 is 0 Å². The molecule has 0 aliphatic carbocycles. The zero-order chi connectivity index (χ0) is 17.0. The first-order valence-electron chi connectivity index (χ1n) is 8.76. The van der Waals surface area contributed by atoms with Crippen molar-refractivity contribution in [2.24, 2.45) is 5.92 Å². The highest BCUT2D eigenvalue weighted by molar-refractivity contribution is 7.14. The van der Waals surface area contributed by atoms with Gasteiger partial charge in [-0.1, -0.05) is 12.7 Å². The minimum Gasteiger partial charge on any atom is -0.440 e. The van der Waals surface area contributed by atoms with Crippen LogP contribution in [0, 0.1) is 5.92 Å². The number of quaternary nitrogens is 1. The van der Waals surface area contributed by atoms with Gasteiger partial charge in [0.05, 0.1) is 19.6 Å². The molecule has 130 valence electrons. The lowest BCUT2D eigenvalue weighted by Crippen LogP contribution is -2.64. The third kappa shape index (κ3) is 3.57. The molecule has 1 atom stereocenters. The van der Waals surface area contributed by atoms with Crippen LogP contribution in [0.4, 0.5) is 9.80 Å². The van der Waals surface area contributed by atoms with E-state index in [4.69, 9.17) is 4.74 Å². The van der Waals surface area contributed by atoms with Gasteiger partial charge in [0.1, 0.15) is 11.5 Å². The lowest BCUT2D eigenvalue weighted by molar-refractivity contribution is -0.941. The molecule has 3 aliphatic heterocycles. The van der Waals surface area contributed by atoms with Crippen LogP contribution in [0.2, 0.25) is 0 Å². The Labute approximate surface area is 148 Å². The highest BCUT2D eigenvalue weighted by Crippen LogP contribution is 2.36. The van der Waals surface area contributed by atoms with Crippen LogP contribution in [0.25, 0.3) is 0 Å². The number of anilines is 1. The van der Waals surface area contributed by atoms with Crippen molar-refractivity contribution >= 4 is 22.4 Å². The second-order valence-electron chi connectivity index (χ2n) is 6.88. The van der Waals surface area contributed by atoms with Gasteiger partial charge < -0.3 is 9.22 Å². The third-order valence-corrected chi connectivity index (χ3v) is 6.25. The number of hydrogen-bond donors (Lipinski definition) is 0. The Morgan fingerprint density at radius 2 is 2.17 bits per heavy atom. The van der Waals surface area contributed by atoms with E-state index in [1.54, 1.807) is 16.2 Å². The summed E-state index contributed by atoms with van der Waals surface area (Å²) in [5.41, 5.74) is 0. The van der Waals surface area contributed by atoms with Crippen molar-refractivity contribution in [3.63, 3.8) is 0 Å². The van der Waals surface area contributed by atoms with E-state index >= 15 is 0 Å². The quantitative estimate of drug-likeness (QED) is 0.550. The molecule has 3 saturated heterocycles. The van der Waals surface area contributed by atoms with Gasteiger partial charge in [-0.3, -0.25) is 4.90 Å². The Hall–Kier alpha value is -1.59. The molecular formula is C19H27N2O2S+. The molecular weight excluding hydrogens is 320 g/mol. The van der Waals surface area contributed by atoms with Crippen LogP contribution in [0.5, 0.6) is 0 Å². The van der Waals surface area contributed by atoms with Crippen molar-refractivity contribution in [2.45, 2.75) is 25.4 Å². The first-order chi connectivity index (χ1) is 11.7. The molecule has 2 bridgehead atoms. The van der Waals surface area contributed by atoms with Gasteiger partial charge in [-0.25, -0.2) is 4.79 Å². The molecule has 3 aliphatic rings. The predicted molar refractivity (Wildman–Crippen MR) is 99.4 cm³/mol. The molecule has 1 amide bonds. The minimum atomic E-state index is -0.213. The van der Waals surface area contributed by atoms with Crippen molar-refractivity contribution < 1.29 is 14.0 Å². The summed E-state index contributed by atoms with van der Waals surface area (Å²) in [7, 11) is 0. The SMILES string of the molecule is C=CCCN(C(=O)O[C@H]1C[N+]2(CC=C)CCC1CC2)c1cccs1. The molecule has 0 radical (unpaired) electrons. The predicted octanol–water partition coefficient (Wildman–Crippen LogP) is 4.06. The number of amides is 1. The number of ether oxygens (including phenoxy) is 1. The molecule has 4 heterocycles. The Balaban J connectivity index is 1.68. The van der Waals surface area contributed by atoms with Crippen molar-refractivity contribution in [3.05, 3.63) is 42.8 Å². The fraction of sp³-hybridized carbons (Fsp3) is 0.526. The second kappa shape index (κ2) is 7.53. The van der Waals surface area contributed by atoms with E-state index in [2.05, 4.69) is 13.2 Å². The molecule has 0 unspecified atom stereocenters. The zero-order valence-corrected chi connectivity index (χ0v) is 15.0. The monoisotopic (exact) mass is 347 g/mol. The van der Waals surface area contributed by atoms with Gasteiger partial charge in [0.25, 0.3) is 0 Å². The van der Waals surface area contributed by atoms with Gasteiger partial charge in [0.2, 0.25) is 0 Å². The van der Waals surface area contributed by atoms with E-state index in [1.165, 1.54) is 13.1 Å². The fourth-order valence-electron chi connectivity index (χ4n) is 4.01. The highest BCUT2D eigenvalue weighted by atomic mass is 32.1. The van der Waals surface area contributed by atoms with Gasteiger partial charge in [0.15, 0.2) is 6.10 Å². The van der Waals surface area contributed by atoms with Crippen LogP contribution < -0.4 is 4.90 Å². The van der Waals surface area contributed by atoms with Gasteiger partial charge in [-0.05, 0) is 30.0 Å². The van der Waals surface area contributed by atoms with E-state index in [-0.39, 0.29) is 12.2 Å². The lowest BCUT2D eigenvalue weighted by Gasteiger charge is -2.51. The number of carbonyl (C=O) groups is 1. The van der Waals surface area contributed by atoms with Gasteiger partial charge >= 0.3 is 6.09 Å². The third-order valence-electron chi connectivity index (χ3n) is 5.36. The number of rotatable bonds is 7. The second-order valence-corrected chi connectivity index (χ2v) is 7.81. The zero-order valence-electron chi connectivity index (χ0n) is 14.2. The lowest BCUT2D eigenvalue weighted by atomic mass is 9.83. The van der Waals surface area contributed by atoms with Crippen molar-refractivity contribution in [3.8, 4) is 0 Å². The number of piperidine rings is 3. The van der Waals surface area contributed by atoms with Gasteiger partial charge in [-0.15, -0.1) is 17.9 Å². The van der Waals surface area contributed by atoms with Crippen LogP contribution in [0.3, 0.4) is 0 Å². The summed E-state index contributed by atoms with van der Waals surface area (Å²) in [6, 6.07) is 3.93. The van der Waals surface area contributed by atoms with Crippen LogP contribution >= 0.6 is 11.3 Å². The summed E-state index contributed by atoms with van der Waals surface area (Å²) >= 11 is 1.57. The number of nitrogens with zero attached hydrogens (tertiary/aromatic N) is 2. The molecule has 5 heteroatoms. The normalized spacial score (nSPS) is 28.3. The summed E-state index contributed by atoms with van der Waals surface area (Å²) in [6.07, 6.45) is 6.73. The summed E-state index contributed by atoms with van der Waals surface area (Å²) in [5, 5.41) is 2.93. The molecule has 0 spiro atoms. The first kappa shape index (κ1) is 17.2. The van der Waals surface area contributed by atoms with Crippen molar-refractivity contribution in [1.82, 2.24) is 0 Å². The van der Waals surface area contributed by atoms with Crippen LogP contribution in [-0.4, -0.2) is 49.4 Å². The summed E-state index contributed by atoms with van der Waals surface area (Å²) in [5.74, 6) is 0.517. The number of carbonyl (C=O) groups excluding carboxylic acids is 1. The summed E-state index contributed by atoms with van der Waals surface area (Å²) in [4.78, 5) is 14.6.